The summed E-state index contributed by atoms with van der Waals surface area (Å²) in [4.78, 5) is 26.3. The van der Waals surface area contributed by atoms with Gasteiger partial charge in [0.05, 0.1) is 0 Å². The zero-order valence-corrected chi connectivity index (χ0v) is 15.4. The highest BCUT2D eigenvalue weighted by Crippen LogP contribution is 2.27. The van der Waals surface area contributed by atoms with Gasteiger partial charge in [-0.3, -0.25) is 9.59 Å². The summed E-state index contributed by atoms with van der Waals surface area (Å²) in [5.74, 6) is -0.0800. The summed E-state index contributed by atoms with van der Waals surface area (Å²) in [6, 6.07) is 15.5. The molecule has 0 atom stereocenters. The van der Waals surface area contributed by atoms with E-state index in [4.69, 9.17) is 0 Å². The van der Waals surface area contributed by atoms with Gasteiger partial charge in [0, 0.05) is 18.3 Å². The maximum Gasteiger partial charge on any atom is 0.244 e. The molecule has 0 aromatic heterocycles. The van der Waals surface area contributed by atoms with E-state index in [1.165, 1.54) is 6.92 Å². The first-order valence-electron chi connectivity index (χ1n) is 8.68. The Bertz CT molecular complexity index is 753. The van der Waals surface area contributed by atoms with Crippen LogP contribution in [0.3, 0.4) is 0 Å². The van der Waals surface area contributed by atoms with Gasteiger partial charge in [0.15, 0.2) is 0 Å². The molecule has 0 saturated heterocycles. The van der Waals surface area contributed by atoms with Crippen LogP contribution in [-0.4, -0.2) is 18.4 Å². The molecule has 0 fully saturated rings. The molecule has 4 nitrogen and oxygen atoms in total. The second kappa shape index (κ2) is 8.47. The normalized spacial score (nSPS) is 10.6. The molecule has 2 aromatic rings. The molecule has 25 heavy (non-hydrogen) atoms. The summed E-state index contributed by atoms with van der Waals surface area (Å²) in [6.45, 7) is 7.69. The smallest absolute Gasteiger partial charge is 0.244 e. The molecule has 0 aliphatic carbocycles. The van der Waals surface area contributed by atoms with Crippen molar-refractivity contribution in [2.45, 2.75) is 40.0 Å². The average molecular weight is 338 g/mol. The first kappa shape index (κ1) is 18.7. The van der Waals surface area contributed by atoms with Crippen molar-refractivity contribution < 1.29 is 9.59 Å². The Hall–Kier alpha value is -2.62. The van der Waals surface area contributed by atoms with Gasteiger partial charge in [-0.05, 0) is 35.6 Å². The number of carbonyl (C=O) groups is 2. The number of rotatable bonds is 6. The maximum absolute atomic E-state index is 12.5. The molecule has 0 heterocycles. The van der Waals surface area contributed by atoms with Gasteiger partial charge in [0.2, 0.25) is 11.8 Å². The number of hydrogen-bond acceptors (Lipinski definition) is 2. The molecule has 0 spiro atoms. The molecule has 0 radical (unpaired) electrons. The number of amides is 2. The van der Waals surface area contributed by atoms with Crippen molar-refractivity contribution in [3.63, 3.8) is 0 Å². The highest BCUT2D eigenvalue weighted by molar-refractivity contribution is 6.02. The largest absolute Gasteiger partial charge is 0.324 e. The highest BCUT2D eigenvalue weighted by Gasteiger charge is 2.20. The van der Waals surface area contributed by atoms with Gasteiger partial charge in [-0.1, -0.05) is 57.2 Å². The monoisotopic (exact) mass is 338 g/mol. The van der Waals surface area contributed by atoms with E-state index in [1.54, 1.807) is 4.90 Å². The van der Waals surface area contributed by atoms with Crippen LogP contribution < -0.4 is 10.2 Å². The van der Waals surface area contributed by atoms with Crippen LogP contribution in [0.25, 0.3) is 0 Å². The lowest BCUT2D eigenvalue weighted by Crippen LogP contribution is -2.37. The number of anilines is 2. The molecule has 1 N–H and O–H groups in total. The predicted octanol–water partition coefficient (Wildman–Crippen LogP) is 4.36. The summed E-state index contributed by atoms with van der Waals surface area (Å²) < 4.78 is 0. The Morgan fingerprint density at radius 1 is 1.04 bits per heavy atom. The lowest BCUT2D eigenvalue weighted by Gasteiger charge is -2.25. The maximum atomic E-state index is 12.5. The van der Waals surface area contributed by atoms with Crippen molar-refractivity contribution in [2.75, 3.05) is 16.8 Å². The lowest BCUT2D eigenvalue weighted by atomic mass is 10.0. The van der Waals surface area contributed by atoms with Crippen molar-refractivity contribution in [1.82, 2.24) is 0 Å². The molecule has 4 heteroatoms. The van der Waals surface area contributed by atoms with Gasteiger partial charge in [-0.25, -0.2) is 0 Å². The van der Waals surface area contributed by atoms with Crippen molar-refractivity contribution in [3.8, 4) is 0 Å². The van der Waals surface area contributed by atoms with Crippen molar-refractivity contribution in [3.05, 3.63) is 59.7 Å². The Morgan fingerprint density at radius 2 is 1.68 bits per heavy atom. The fraction of sp³-hybridized carbons (Fsp3) is 0.333. The number of nitrogens with one attached hydrogen (secondary N) is 1. The minimum Gasteiger partial charge on any atom is -0.324 e. The molecular formula is C21H26N2O2. The molecule has 2 aromatic carbocycles. The SMILES string of the molecule is CCc1ccccc1NC(=O)CN(C(C)=O)c1ccccc1C(C)C. The van der Waals surface area contributed by atoms with Crippen LogP contribution in [0.4, 0.5) is 11.4 Å². The third-order valence-corrected chi connectivity index (χ3v) is 4.20. The fourth-order valence-corrected chi connectivity index (χ4v) is 2.87. The summed E-state index contributed by atoms with van der Waals surface area (Å²) in [7, 11) is 0. The van der Waals surface area contributed by atoms with E-state index in [1.807, 2.05) is 55.5 Å². The summed E-state index contributed by atoms with van der Waals surface area (Å²) in [5, 5.41) is 2.93. The lowest BCUT2D eigenvalue weighted by molar-refractivity contribution is -0.120. The van der Waals surface area contributed by atoms with Crippen LogP contribution in [0.1, 0.15) is 44.7 Å². The predicted molar refractivity (Wildman–Crippen MR) is 103 cm³/mol. The van der Waals surface area contributed by atoms with Crippen molar-refractivity contribution in [1.29, 1.82) is 0 Å². The number of carbonyl (C=O) groups excluding carboxylic acids is 2. The van der Waals surface area contributed by atoms with Gasteiger partial charge in [-0.15, -0.1) is 0 Å². The second-order valence-electron chi connectivity index (χ2n) is 6.38. The zero-order chi connectivity index (χ0) is 18.4. The van der Waals surface area contributed by atoms with Crippen LogP contribution in [0.15, 0.2) is 48.5 Å². The molecule has 132 valence electrons. The molecule has 0 saturated carbocycles. The minimum absolute atomic E-state index is 0.00286. The van der Waals surface area contributed by atoms with Crippen LogP contribution in [-0.2, 0) is 16.0 Å². The first-order valence-corrected chi connectivity index (χ1v) is 8.68. The topological polar surface area (TPSA) is 49.4 Å². The highest BCUT2D eigenvalue weighted by atomic mass is 16.2. The fourth-order valence-electron chi connectivity index (χ4n) is 2.87. The molecule has 0 unspecified atom stereocenters. The van der Waals surface area contributed by atoms with Crippen LogP contribution >= 0.6 is 0 Å². The Labute approximate surface area is 149 Å². The van der Waals surface area contributed by atoms with E-state index in [2.05, 4.69) is 19.2 Å². The Kier molecular flexibility index (Phi) is 6.34. The van der Waals surface area contributed by atoms with Crippen LogP contribution in [0, 0.1) is 0 Å². The standard InChI is InChI=1S/C21H26N2O2/c1-5-17-10-6-8-12-19(17)22-21(25)14-23(16(4)24)20-13-9-7-11-18(20)15(2)3/h6-13,15H,5,14H2,1-4H3,(H,22,25). The van der Waals surface area contributed by atoms with Gasteiger partial charge in [0.25, 0.3) is 0 Å². The summed E-state index contributed by atoms with van der Waals surface area (Å²) in [6.07, 6.45) is 0.836. The van der Waals surface area contributed by atoms with E-state index in [0.29, 0.717) is 0 Å². The number of hydrogen-bond donors (Lipinski definition) is 1. The Morgan fingerprint density at radius 3 is 2.32 bits per heavy atom. The number of para-hydroxylation sites is 2. The molecular weight excluding hydrogens is 312 g/mol. The van der Waals surface area contributed by atoms with Gasteiger partial charge < -0.3 is 10.2 Å². The molecule has 0 aliphatic rings. The summed E-state index contributed by atoms with van der Waals surface area (Å²) >= 11 is 0. The van der Waals surface area contributed by atoms with Crippen molar-refractivity contribution in [2.24, 2.45) is 0 Å². The second-order valence-corrected chi connectivity index (χ2v) is 6.38. The van der Waals surface area contributed by atoms with E-state index >= 15 is 0 Å². The molecule has 2 amide bonds. The van der Waals surface area contributed by atoms with Crippen LogP contribution in [0.5, 0.6) is 0 Å². The zero-order valence-electron chi connectivity index (χ0n) is 15.4. The molecule has 0 bridgehead atoms. The van der Waals surface area contributed by atoms with E-state index in [9.17, 15) is 9.59 Å². The molecule has 2 rings (SSSR count). The van der Waals surface area contributed by atoms with Gasteiger partial charge in [0.1, 0.15) is 6.54 Å². The van der Waals surface area contributed by atoms with Gasteiger partial charge in [-0.2, -0.15) is 0 Å². The third kappa shape index (κ3) is 4.69. The Balaban J connectivity index is 2.23. The minimum atomic E-state index is -0.199. The molecule has 0 aliphatic heterocycles. The quantitative estimate of drug-likeness (QED) is 0.850. The number of benzene rings is 2. The average Bonchev–Trinajstić information content (AvgIpc) is 2.60. The third-order valence-electron chi connectivity index (χ3n) is 4.20. The van der Waals surface area contributed by atoms with E-state index < -0.39 is 0 Å². The van der Waals surface area contributed by atoms with Crippen molar-refractivity contribution >= 4 is 23.2 Å². The summed E-state index contributed by atoms with van der Waals surface area (Å²) in [5.41, 5.74) is 3.73. The number of aryl methyl sites for hydroxylation is 1. The van der Waals surface area contributed by atoms with E-state index in [-0.39, 0.29) is 24.3 Å². The van der Waals surface area contributed by atoms with Crippen LogP contribution in [0.2, 0.25) is 0 Å². The van der Waals surface area contributed by atoms with E-state index in [0.717, 1.165) is 28.9 Å². The van der Waals surface area contributed by atoms with Gasteiger partial charge >= 0.3 is 0 Å². The first-order chi connectivity index (χ1) is 11.9. The number of nitrogens with zero attached hydrogens (tertiary/aromatic N) is 1.